The number of piperazine rings is 1. The number of anilines is 2. The van der Waals surface area contributed by atoms with Crippen LogP contribution in [0.5, 0.6) is 5.75 Å². The van der Waals surface area contributed by atoms with E-state index in [4.69, 9.17) is 10.5 Å². The largest absolute Gasteiger partial charge is 0.496 e. The molecule has 3 aliphatic rings. The van der Waals surface area contributed by atoms with Crippen LogP contribution in [0.2, 0.25) is 0 Å². The lowest BCUT2D eigenvalue weighted by atomic mass is 9.71. The standard InChI is InChI=1S/C26H34F2N8O/c1-34-5-7-35(8-6-34)14-17-3-4-19(21(9-17)37-2)15-36-22-20(13-31-36)32-24(29)33-23(22)30-12-18-10-25(11-18)16-26(25,27)28/h3-4,9,13,18H,5-8,10-12,14-16H2,1-2H3,(H3,29,30,32,33). The fourth-order valence-electron chi connectivity index (χ4n) is 5.96. The number of aromatic nitrogens is 4. The minimum atomic E-state index is -2.48. The third kappa shape index (κ3) is 4.59. The maximum Gasteiger partial charge on any atom is 0.254 e. The first-order valence-electron chi connectivity index (χ1n) is 12.9. The van der Waals surface area contributed by atoms with E-state index < -0.39 is 11.3 Å². The second kappa shape index (κ2) is 9.05. The number of likely N-dealkylation sites (N-methyl/N-ethyl adjacent to an activating group) is 1. The average Bonchev–Trinajstić information content (AvgIpc) is 3.21. The highest BCUT2D eigenvalue weighted by atomic mass is 19.3. The quantitative estimate of drug-likeness (QED) is 0.475. The van der Waals surface area contributed by atoms with Crippen LogP contribution in [-0.2, 0) is 13.1 Å². The first kappa shape index (κ1) is 24.3. The third-order valence-corrected chi connectivity index (χ3v) is 8.31. The summed E-state index contributed by atoms with van der Waals surface area (Å²) in [5.41, 5.74) is 8.80. The molecule has 3 aromatic rings. The van der Waals surface area contributed by atoms with Crippen molar-refractivity contribution in [1.82, 2.24) is 29.5 Å². The van der Waals surface area contributed by atoms with Gasteiger partial charge < -0.3 is 20.7 Å². The number of nitrogens with zero attached hydrogens (tertiary/aromatic N) is 6. The van der Waals surface area contributed by atoms with Crippen molar-refractivity contribution in [2.24, 2.45) is 11.3 Å². The number of fused-ring (bicyclic) bond motifs is 1. The van der Waals surface area contributed by atoms with Gasteiger partial charge in [0.2, 0.25) is 5.95 Å². The third-order valence-electron chi connectivity index (χ3n) is 8.31. The van der Waals surface area contributed by atoms with Gasteiger partial charge in [0.15, 0.2) is 5.82 Å². The number of methoxy groups -OCH3 is 1. The Kier molecular flexibility index (Phi) is 5.95. The van der Waals surface area contributed by atoms with Crippen LogP contribution in [0, 0.1) is 11.3 Å². The van der Waals surface area contributed by atoms with Gasteiger partial charge >= 0.3 is 0 Å². The molecule has 1 aromatic carbocycles. The number of benzene rings is 1. The number of ether oxygens (including phenoxy) is 1. The molecule has 3 N–H and O–H groups in total. The predicted molar refractivity (Wildman–Crippen MR) is 138 cm³/mol. The van der Waals surface area contributed by atoms with Crippen LogP contribution in [-0.4, -0.2) is 82.4 Å². The van der Waals surface area contributed by atoms with Gasteiger partial charge in [0, 0.05) is 56.7 Å². The fraction of sp³-hybridized carbons (Fsp3) is 0.577. The van der Waals surface area contributed by atoms with Crippen molar-refractivity contribution < 1.29 is 13.5 Å². The number of hydrogen-bond donors (Lipinski definition) is 2. The van der Waals surface area contributed by atoms with E-state index in [1.54, 1.807) is 13.3 Å². The summed E-state index contributed by atoms with van der Waals surface area (Å²) in [6.07, 6.45) is 2.81. The summed E-state index contributed by atoms with van der Waals surface area (Å²) >= 11 is 0. The lowest BCUT2D eigenvalue weighted by Crippen LogP contribution is -2.43. The van der Waals surface area contributed by atoms with Crippen molar-refractivity contribution in [1.29, 1.82) is 0 Å². The molecular weight excluding hydrogens is 478 g/mol. The van der Waals surface area contributed by atoms with Crippen molar-refractivity contribution in [3.05, 3.63) is 35.5 Å². The molecule has 0 radical (unpaired) electrons. The molecule has 37 heavy (non-hydrogen) atoms. The summed E-state index contributed by atoms with van der Waals surface area (Å²) in [7, 11) is 3.84. The summed E-state index contributed by atoms with van der Waals surface area (Å²) in [5, 5.41) is 7.90. The van der Waals surface area contributed by atoms with Crippen molar-refractivity contribution in [2.75, 3.05) is 57.9 Å². The topological polar surface area (TPSA) is 97.4 Å². The second-order valence-electron chi connectivity index (χ2n) is 11.0. The Bertz CT molecular complexity index is 1300. The second-order valence-corrected chi connectivity index (χ2v) is 11.0. The van der Waals surface area contributed by atoms with E-state index in [2.05, 4.69) is 55.4 Å². The summed E-state index contributed by atoms with van der Waals surface area (Å²) in [5.74, 6) is -0.739. The van der Waals surface area contributed by atoms with Crippen LogP contribution >= 0.6 is 0 Å². The zero-order valence-corrected chi connectivity index (χ0v) is 21.4. The van der Waals surface area contributed by atoms with Crippen LogP contribution in [0.25, 0.3) is 11.0 Å². The smallest absolute Gasteiger partial charge is 0.254 e. The molecular formula is C26H34F2N8O. The van der Waals surface area contributed by atoms with Crippen LogP contribution in [0.1, 0.15) is 30.4 Å². The maximum atomic E-state index is 13.6. The number of nitrogens with two attached hydrogens (primary N) is 1. The Morgan fingerprint density at radius 3 is 2.59 bits per heavy atom. The first-order chi connectivity index (χ1) is 17.7. The zero-order valence-electron chi connectivity index (χ0n) is 21.4. The lowest BCUT2D eigenvalue weighted by Gasteiger charge is -2.36. The van der Waals surface area contributed by atoms with Crippen molar-refractivity contribution >= 4 is 22.8 Å². The number of hydrogen-bond acceptors (Lipinski definition) is 8. The summed E-state index contributed by atoms with van der Waals surface area (Å²) in [6.45, 7) is 6.22. The van der Waals surface area contributed by atoms with Gasteiger partial charge in [0.05, 0.1) is 19.9 Å². The Balaban J connectivity index is 1.18. The number of alkyl halides is 2. The highest BCUT2D eigenvalue weighted by Crippen LogP contribution is 2.72. The van der Waals surface area contributed by atoms with Crippen molar-refractivity contribution in [2.45, 2.75) is 38.3 Å². The van der Waals surface area contributed by atoms with Crippen LogP contribution in [0.4, 0.5) is 20.5 Å². The van der Waals surface area contributed by atoms with Crippen molar-refractivity contribution in [3.63, 3.8) is 0 Å². The van der Waals surface area contributed by atoms with Gasteiger partial charge in [-0.05, 0) is 37.4 Å². The number of nitrogens with one attached hydrogen (secondary N) is 1. The van der Waals surface area contributed by atoms with E-state index >= 15 is 0 Å². The maximum absolute atomic E-state index is 13.6. The molecule has 0 unspecified atom stereocenters. The Hall–Kier alpha value is -3.05. The molecule has 1 saturated heterocycles. The van der Waals surface area contributed by atoms with Gasteiger partial charge in [-0.2, -0.15) is 10.1 Å². The predicted octanol–water partition coefficient (Wildman–Crippen LogP) is 3.06. The Morgan fingerprint density at radius 1 is 1.14 bits per heavy atom. The molecule has 2 aliphatic carbocycles. The lowest BCUT2D eigenvalue weighted by molar-refractivity contribution is 0.00528. The molecule has 198 valence electrons. The number of nitrogen functional groups attached to an aromatic ring is 1. The van der Waals surface area contributed by atoms with Gasteiger partial charge in [-0.3, -0.25) is 9.58 Å². The molecule has 2 aromatic heterocycles. The molecule has 0 bridgehead atoms. The summed E-state index contributed by atoms with van der Waals surface area (Å²) in [4.78, 5) is 13.6. The van der Waals surface area contributed by atoms with Crippen molar-refractivity contribution in [3.8, 4) is 5.75 Å². The molecule has 3 heterocycles. The van der Waals surface area contributed by atoms with Crippen LogP contribution in [0.3, 0.4) is 0 Å². The highest BCUT2D eigenvalue weighted by molar-refractivity contribution is 5.86. The van der Waals surface area contributed by atoms with Gasteiger partial charge in [0.1, 0.15) is 16.8 Å². The monoisotopic (exact) mass is 512 g/mol. The van der Waals surface area contributed by atoms with E-state index in [0.29, 0.717) is 37.3 Å². The Labute approximate surface area is 215 Å². The molecule has 3 fully saturated rings. The molecule has 9 nitrogen and oxygen atoms in total. The van der Waals surface area contributed by atoms with E-state index in [-0.39, 0.29) is 18.3 Å². The zero-order chi connectivity index (χ0) is 25.8. The molecule has 2 saturated carbocycles. The van der Waals surface area contributed by atoms with Crippen LogP contribution in [0.15, 0.2) is 24.4 Å². The fourth-order valence-corrected chi connectivity index (χ4v) is 5.96. The molecule has 11 heteroatoms. The minimum Gasteiger partial charge on any atom is -0.496 e. The van der Waals surface area contributed by atoms with E-state index in [0.717, 1.165) is 49.6 Å². The molecule has 1 spiro atoms. The number of rotatable bonds is 8. The minimum absolute atomic E-state index is 0.0317. The van der Waals surface area contributed by atoms with Gasteiger partial charge in [-0.15, -0.1) is 0 Å². The summed E-state index contributed by atoms with van der Waals surface area (Å²) < 4.78 is 34.8. The molecule has 6 rings (SSSR count). The van der Waals surface area contributed by atoms with Gasteiger partial charge in [-0.1, -0.05) is 12.1 Å². The highest BCUT2D eigenvalue weighted by Gasteiger charge is 2.75. The number of halogens is 2. The first-order valence-corrected chi connectivity index (χ1v) is 12.9. The molecule has 1 aliphatic heterocycles. The van der Waals surface area contributed by atoms with E-state index in [1.165, 1.54) is 5.56 Å². The normalized spacial score (nSPS) is 25.4. The van der Waals surface area contributed by atoms with E-state index in [1.807, 2.05) is 4.68 Å². The SMILES string of the molecule is COc1cc(CN2CCN(C)CC2)ccc1Cn1ncc2nc(N)nc(NCC3CC4(C3)CC4(F)F)c21. The van der Waals surface area contributed by atoms with Gasteiger partial charge in [-0.25, -0.2) is 13.8 Å². The Morgan fingerprint density at radius 2 is 1.89 bits per heavy atom. The van der Waals surface area contributed by atoms with Crippen LogP contribution < -0.4 is 15.8 Å². The van der Waals surface area contributed by atoms with E-state index in [9.17, 15) is 8.78 Å². The van der Waals surface area contributed by atoms with Gasteiger partial charge in [0.25, 0.3) is 5.92 Å². The molecule has 0 amide bonds. The average molecular weight is 513 g/mol. The summed E-state index contributed by atoms with van der Waals surface area (Å²) in [6, 6.07) is 6.34. The molecule has 0 atom stereocenters.